The van der Waals surface area contributed by atoms with Gasteiger partial charge in [-0.3, -0.25) is 0 Å². The fraction of sp³-hybridized carbons (Fsp3) is 0.471. The van der Waals surface area contributed by atoms with Gasteiger partial charge in [-0.1, -0.05) is 11.6 Å². The van der Waals surface area contributed by atoms with E-state index in [0.29, 0.717) is 11.7 Å². The fourth-order valence-corrected chi connectivity index (χ4v) is 2.66. The molecule has 4 heteroatoms. The van der Waals surface area contributed by atoms with Crippen LogP contribution < -0.4 is 15.4 Å². The number of allylic oxidation sites excluding steroid dienone is 1. The number of nitrogens with one attached hydrogen (secondary N) is 2. The predicted molar refractivity (Wildman–Crippen MR) is 93.0 cm³/mol. The summed E-state index contributed by atoms with van der Waals surface area (Å²) in [5, 5.41) is 7.14. The van der Waals surface area contributed by atoms with Gasteiger partial charge in [0.2, 0.25) is 0 Å². The lowest BCUT2D eigenvalue weighted by Gasteiger charge is -2.14. The van der Waals surface area contributed by atoms with E-state index in [0.717, 1.165) is 24.4 Å². The molecule has 0 atom stereocenters. The number of hydrogen-bond acceptors (Lipinski definition) is 2. The highest BCUT2D eigenvalue weighted by Gasteiger charge is 2.04. The molecule has 0 saturated heterocycles. The fourth-order valence-electron chi connectivity index (χ4n) is 2.44. The second-order valence-corrected chi connectivity index (χ2v) is 5.60. The molecule has 0 fully saturated rings. The number of ether oxygens (including phenoxy) is 1. The average molecular weight is 304 g/mol. The number of hydrogen-bond donors (Lipinski definition) is 2. The molecule has 3 nitrogen and oxygen atoms in total. The normalized spacial score (nSPS) is 14.2. The molecule has 21 heavy (non-hydrogen) atoms. The second-order valence-electron chi connectivity index (χ2n) is 5.20. The number of rotatable bonds is 6. The van der Waals surface area contributed by atoms with Crippen molar-refractivity contribution in [2.24, 2.45) is 0 Å². The first kappa shape index (κ1) is 15.8. The minimum Gasteiger partial charge on any atom is -0.494 e. The van der Waals surface area contributed by atoms with E-state index in [4.69, 9.17) is 17.0 Å². The maximum absolute atomic E-state index is 5.42. The molecule has 0 unspecified atom stereocenters. The summed E-state index contributed by atoms with van der Waals surface area (Å²) in [5.74, 6) is 0.881. The summed E-state index contributed by atoms with van der Waals surface area (Å²) in [6, 6.07) is 7.84. The highest BCUT2D eigenvalue weighted by molar-refractivity contribution is 7.80. The molecule has 0 radical (unpaired) electrons. The first-order valence-corrected chi connectivity index (χ1v) is 8.14. The van der Waals surface area contributed by atoms with E-state index in [9.17, 15) is 0 Å². The van der Waals surface area contributed by atoms with Crippen molar-refractivity contribution in [2.75, 3.05) is 18.5 Å². The molecule has 0 spiro atoms. The van der Waals surface area contributed by atoms with Crippen LogP contribution in [0.5, 0.6) is 5.75 Å². The molecular formula is C17H24N2OS. The molecule has 114 valence electrons. The summed E-state index contributed by atoms with van der Waals surface area (Å²) in [7, 11) is 0. The van der Waals surface area contributed by atoms with E-state index in [1.807, 2.05) is 31.2 Å². The van der Waals surface area contributed by atoms with E-state index >= 15 is 0 Å². The van der Waals surface area contributed by atoms with Crippen molar-refractivity contribution in [3.63, 3.8) is 0 Å². The van der Waals surface area contributed by atoms with E-state index in [-0.39, 0.29) is 0 Å². The minimum atomic E-state index is 0.676. The Morgan fingerprint density at radius 3 is 2.71 bits per heavy atom. The van der Waals surface area contributed by atoms with Gasteiger partial charge in [0.15, 0.2) is 5.11 Å². The SMILES string of the molecule is CCOc1ccc(NC(=S)NCCC2=CCCCC2)cc1. The molecule has 0 bridgehead atoms. The molecule has 0 amide bonds. The number of thiocarbonyl (C=S) groups is 1. The Morgan fingerprint density at radius 2 is 2.05 bits per heavy atom. The third kappa shape index (κ3) is 5.76. The molecule has 1 aliphatic rings. The molecule has 0 saturated carbocycles. The molecule has 1 aliphatic carbocycles. The topological polar surface area (TPSA) is 33.3 Å². The van der Waals surface area contributed by atoms with Crippen LogP contribution in [0.15, 0.2) is 35.9 Å². The maximum Gasteiger partial charge on any atom is 0.170 e. The number of benzene rings is 1. The van der Waals surface area contributed by atoms with Crippen molar-refractivity contribution in [1.29, 1.82) is 0 Å². The van der Waals surface area contributed by atoms with Crippen LogP contribution in [0.1, 0.15) is 39.0 Å². The Hall–Kier alpha value is -1.55. The smallest absolute Gasteiger partial charge is 0.170 e. The van der Waals surface area contributed by atoms with E-state index in [2.05, 4.69) is 16.7 Å². The third-order valence-electron chi connectivity index (χ3n) is 3.54. The molecule has 0 aliphatic heterocycles. The molecular weight excluding hydrogens is 280 g/mol. The zero-order valence-electron chi connectivity index (χ0n) is 12.7. The molecule has 0 aromatic heterocycles. The maximum atomic E-state index is 5.42. The van der Waals surface area contributed by atoms with Crippen molar-refractivity contribution in [3.05, 3.63) is 35.9 Å². The van der Waals surface area contributed by atoms with Gasteiger partial charge in [0, 0.05) is 12.2 Å². The minimum absolute atomic E-state index is 0.676. The van der Waals surface area contributed by atoms with Crippen molar-refractivity contribution >= 4 is 23.0 Å². The lowest BCUT2D eigenvalue weighted by molar-refractivity contribution is 0.340. The van der Waals surface area contributed by atoms with Gasteiger partial charge in [0.1, 0.15) is 5.75 Å². The van der Waals surface area contributed by atoms with Crippen LogP contribution in [0.4, 0.5) is 5.69 Å². The monoisotopic (exact) mass is 304 g/mol. The lowest BCUT2D eigenvalue weighted by Crippen LogP contribution is -2.29. The van der Waals surface area contributed by atoms with Crippen molar-refractivity contribution in [2.45, 2.75) is 39.0 Å². The Bertz CT molecular complexity index is 482. The summed E-state index contributed by atoms with van der Waals surface area (Å²) in [6.45, 7) is 3.56. The van der Waals surface area contributed by atoms with Gasteiger partial charge in [-0.05, 0) is 75.5 Å². The summed E-state index contributed by atoms with van der Waals surface area (Å²) in [5.41, 5.74) is 2.55. The van der Waals surface area contributed by atoms with Gasteiger partial charge in [0.25, 0.3) is 0 Å². The van der Waals surface area contributed by atoms with E-state index < -0.39 is 0 Å². The van der Waals surface area contributed by atoms with Crippen LogP contribution in [0.2, 0.25) is 0 Å². The van der Waals surface area contributed by atoms with E-state index in [1.165, 1.54) is 25.7 Å². The van der Waals surface area contributed by atoms with Crippen LogP contribution >= 0.6 is 12.2 Å². The van der Waals surface area contributed by atoms with Gasteiger partial charge in [-0.2, -0.15) is 0 Å². The first-order chi connectivity index (χ1) is 10.3. The molecule has 2 N–H and O–H groups in total. The molecule has 1 aromatic rings. The van der Waals surface area contributed by atoms with Gasteiger partial charge < -0.3 is 15.4 Å². The highest BCUT2D eigenvalue weighted by atomic mass is 32.1. The summed E-state index contributed by atoms with van der Waals surface area (Å²) < 4.78 is 5.42. The van der Waals surface area contributed by atoms with Crippen LogP contribution in [0.3, 0.4) is 0 Å². The largest absolute Gasteiger partial charge is 0.494 e. The zero-order valence-corrected chi connectivity index (χ0v) is 13.5. The van der Waals surface area contributed by atoms with Gasteiger partial charge in [-0.25, -0.2) is 0 Å². The quantitative estimate of drug-likeness (QED) is 0.607. The predicted octanol–water partition coefficient (Wildman–Crippen LogP) is 4.26. The van der Waals surface area contributed by atoms with Crippen LogP contribution in [0.25, 0.3) is 0 Å². The van der Waals surface area contributed by atoms with Crippen LogP contribution in [0, 0.1) is 0 Å². The van der Waals surface area contributed by atoms with Crippen molar-refractivity contribution in [1.82, 2.24) is 5.32 Å². The Morgan fingerprint density at radius 1 is 1.24 bits per heavy atom. The molecule has 2 rings (SSSR count). The Balaban J connectivity index is 1.70. The highest BCUT2D eigenvalue weighted by Crippen LogP contribution is 2.19. The summed E-state index contributed by atoms with van der Waals surface area (Å²) >= 11 is 5.31. The Kier molecular flexibility index (Phi) is 6.54. The average Bonchev–Trinajstić information content (AvgIpc) is 2.51. The Labute approximate surface area is 132 Å². The van der Waals surface area contributed by atoms with Crippen LogP contribution in [-0.4, -0.2) is 18.3 Å². The lowest BCUT2D eigenvalue weighted by atomic mass is 9.97. The van der Waals surface area contributed by atoms with E-state index in [1.54, 1.807) is 5.57 Å². The standard InChI is InChI=1S/C17H24N2OS/c1-2-20-16-10-8-15(9-11-16)19-17(21)18-13-12-14-6-4-3-5-7-14/h6,8-11H,2-5,7,12-13H2,1H3,(H2,18,19,21). The van der Waals surface area contributed by atoms with Gasteiger partial charge >= 0.3 is 0 Å². The summed E-state index contributed by atoms with van der Waals surface area (Å²) in [4.78, 5) is 0. The first-order valence-electron chi connectivity index (χ1n) is 7.73. The van der Waals surface area contributed by atoms with Gasteiger partial charge in [0.05, 0.1) is 6.61 Å². The second kappa shape index (κ2) is 8.67. The molecule has 0 heterocycles. The van der Waals surface area contributed by atoms with Crippen molar-refractivity contribution in [3.8, 4) is 5.75 Å². The van der Waals surface area contributed by atoms with Gasteiger partial charge in [-0.15, -0.1) is 0 Å². The number of anilines is 1. The van der Waals surface area contributed by atoms with Crippen LogP contribution in [-0.2, 0) is 0 Å². The third-order valence-corrected chi connectivity index (χ3v) is 3.79. The zero-order chi connectivity index (χ0) is 14.9. The molecule has 1 aromatic carbocycles. The summed E-state index contributed by atoms with van der Waals surface area (Å²) in [6.07, 6.45) is 8.64. The van der Waals surface area contributed by atoms with Crippen molar-refractivity contribution < 1.29 is 4.74 Å².